The van der Waals surface area contributed by atoms with Crippen LogP contribution in [-0.2, 0) is 6.42 Å². The number of thioether (sulfide) groups is 1. The Morgan fingerprint density at radius 1 is 1.33 bits per heavy atom. The maximum Gasteiger partial charge on any atom is 0.446 e. The van der Waals surface area contributed by atoms with Crippen LogP contribution >= 0.6 is 11.8 Å². The van der Waals surface area contributed by atoms with E-state index in [1.807, 2.05) is 6.92 Å². The number of halogens is 3. The molecule has 84 valence electrons. The largest absolute Gasteiger partial charge is 0.508 e. The summed E-state index contributed by atoms with van der Waals surface area (Å²) >= 11 is -0.218. The summed E-state index contributed by atoms with van der Waals surface area (Å²) < 4.78 is 36.0. The van der Waals surface area contributed by atoms with Gasteiger partial charge < -0.3 is 5.11 Å². The van der Waals surface area contributed by atoms with Crippen molar-refractivity contribution in [2.45, 2.75) is 30.2 Å². The van der Waals surface area contributed by atoms with Gasteiger partial charge in [-0.1, -0.05) is 19.4 Å². The van der Waals surface area contributed by atoms with E-state index in [4.69, 9.17) is 0 Å². The molecule has 0 aliphatic carbocycles. The maximum absolute atomic E-state index is 12.0. The highest BCUT2D eigenvalue weighted by molar-refractivity contribution is 8.00. The van der Waals surface area contributed by atoms with Gasteiger partial charge in [0.25, 0.3) is 0 Å². The molecule has 0 aliphatic rings. The van der Waals surface area contributed by atoms with Crippen LogP contribution in [0.25, 0.3) is 0 Å². The van der Waals surface area contributed by atoms with Crippen molar-refractivity contribution in [3.8, 4) is 5.75 Å². The summed E-state index contributed by atoms with van der Waals surface area (Å²) in [6.07, 6.45) is 1.52. The molecule has 0 atom stereocenters. The smallest absolute Gasteiger partial charge is 0.446 e. The number of benzene rings is 1. The molecule has 0 radical (unpaired) electrons. The van der Waals surface area contributed by atoms with Gasteiger partial charge in [-0.3, -0.25) is 0 Å². The predicted octanol–water partition coefficient (Wildman–Crippen LogP) is 3.96. The van der Waals surface area contributed by atoms with Crippen LogP contribution in [0.5, 0.6) is 5.75 Å². The molecule has 0 amide bonds. The van der Waals surface area contributed by atoms with Crippen LogP contribution < -0.4 is 0 Å². The summed E-state index contributed by atoms with van der Waals surface area (Å²) in [5.41, 5.74) is -3.62. The Kier molecular flexibility index (Phi) is 3.90. The molecule has 15 heavy (non-hydrogen) atoms. The van der Waals surface area contributed by atoms with Crippen LogP contribution in [0.3, 0.4) is 0 Å². The van der Waals surface area contributed by atoms with Crippen molar-refractivity contribution in [2.75, 3.05) is 0 Å². The highest BCUT2D eigenvalue weighted by Gasteiger charge is 2.29. The van der Waals surface area contributed by atoms with Crippen LogP contribution in [-0.4, -0.2) is 10.6 Å². The topological polar surface area (TPSA) is 20.2 Å². The van der Waals surface area contributed by atoms with Gasteiger partial charge in [0.15, 0.2) is 0 Å². The number of phenols is 1. The lowest BCUT2D eigenvalue weighted by atomic mass is 10.1. The Bertz CT molecular complexity index is 336. The summed E-state index contributed by atoms with van der Waals surface area (Å²) in [5, 5.41) is 9.44. The fraction of sp³-hybridized carbons (Fsp3) is 0.400. The van der Waals surface area contributed by atoms with Crippen LogP contribution in [0.4, 0.5) is 13.2 Å². The van der Waals surface area contributed by atoms with E-state index in [1.165, 1.54) is 12.1 Å². The summed E-state index contributed by atoms with van der Waals surface area (Å²) in [7, 11) is 0. The Morgan fingerprint density at radius 3 is 2.47 bits per heavy atom. The van der Waals surface area contributed by atoms with Gasteiger partial charge in [-0.15, -0.1) is 0 Å². The molecule has 1 nitrogen and oxygen atoms in total. The number of rotatable bonds is 3. The zero-order valence-corrected chi connectivity index (χ0v) is 8.95. The minimum absolute atomic E-state index is 0.0138. The highest BCUT2D eigenvalue weighted by atomic mass is 32.2. The second-order valence-electron chi connectivity index (χ2n) is 3.09. The maximum atomic E-state index is 12.0. The van der Waals surface area contributed by atoms with E-state index < -0.39 is 5.51 Å². The van der Waals surface area contributed by atoms with E-state index in [9.17, 15) is 18.3 Å². The number of alkyl halides is 3. The quantitative estimate of drug-likeness (QED) is 0.802. The summed E-state index contributed by atoms with van der Waals surface area (Å²) in [5.74, 6) is -0.0638. The van der Waals surface area contributed by atoms with E-state index in [1.54, 1.807) is 0 Å². The number of hydrogen-bond acceptors (Lipinski definition) is 2. The second kappa shape index (κ2) is 4.79. The standard InChI is InChI=1S/C10H11F3OS/c1-2-3-7-4-5-8(6-9(7)14)15-10(11,12)13/h4-6,14H,2-3H2,1H3. The zero-order valence-electron chi connectivity index (χ0n) is 8.14. The molecule has 1 aromatic rings. The van der Waals surface area contributed by atoms with Crippen molar-refractivity contribution in [3.63, 3.8) is 0 Å². The number of hydrogen-bond donors (Lipinski definition) is 1. The van der Waals surface area contributed by atoms with Gasteiger partial charge in [0, 0.05) is 4.90 Å². The van der Waals surface area contributed by atoms with E-state index >= 15 is 0 Å². The average Bonchev–Trinajstić information content (AvgIpc) is 2.07. The predicted molar refractivity (Wildman–Crippen MR) is 54.0 cm³/mol. The zero-order chi connectivity index (χ0) is 11.5. The van der Waals surface area contributed by atoms with Gasteiger partial charge in [-0.2, -0.15) is 13.2 Å². The third-order valence-corrected chi connectivity index (χ3v) is 2.53. The first-order valence-corrected chi connectivity index (χ1v) is 5.31. The van der Waals surface area contributed by atoms with Crippen LogP contribution in [0.2, 0.25) is 0 Å². The third-order valence-electron chi connectivity index (χ3n) is 1.81. The molecule has 1 N–H and O–H groups in total. The number of aromatic hydroxyl groups is 1. The summed E-state index contributed by atoms with van der Waals surface area (Å²) in [4.78, 5) is 0.0138. The molecular formula is C10H11F3OS. The Morgan fingerprint density at radius 2 is 2.00 bits per heavy atom. The molecule has 0 bridgehead atoms. The van der Waals surface area contributed by atoms with Crippen LogP contribution in [0.1, 0.15) is 18.9 Å². The van der Waals surface area contributed by atoms with E-state index in [2.05, 4.69) is 0 Å². The minimum atomic E-state index is -4.31. The highest BCUT2D eigenvalue weighted by Crippen LogP contribution is 2.38. The molecule has 1 rings (SSSR count). The molecule has 0 fully saturated rings. The lowest BCUT2D eigenvalue weighted by Crippen LogP contribution is -1.99. The minimum Gasteiger partial charge on any atom is -0.508 e. The molecule has 0 saturated heterocycles. The Balaban J connectivity index is 2.82. The molecule has 5 heteroatoms. The lowest BCUT2D eigenvalue weighted by molar-refractivity contribution is -0.0328. The first-order valence-electron chi connectivity index (χ1n) is 4.50. The fourth-order valence-corrected chi connectivity index (χ4v) is 1.80. The molecular weight excluding hydrogens is 225 g/mol. The normalized spacial score (nSPS) is 11.7. The third kappa shape index (κ3) is 4.03. The second-order valence-corrected chi connectivity index (χ2v) is 4.23. The molecule has 0 heterocycles. The monoisotopic (exact) mass is 236 g/mol. The fourth-order valence-electron chi connectivity index (χ4n) is 1.22. The van der Waals surface area contributed by atoms with Crippen molar-refractivity contribution in [3.05, 3.63) is 23.8 Å². The first-order chi connectivity index (χ1) is 6.92. The van der Waals surface area contributed by atoms with Gasteiger partial charge in [-0.05, 0) is 35.9 Å². The van der Waals surface area contributed by atoms with Crippen molar-refractivity contribution in [1.82, 2.24) is 0 Å². The molecule has 0 aromatic heterocycles. The van der Waals surface area contributed by atoms with Crippen LogP contribution in [0, 0.1) is 0 Å². The van der Waals surface area contributed by atoms with Gasteiger partial charge in [-0.25, -0.2) is 0 Å². The van der Waals surface area contributed by atoms with E-state index in [-0.39, 0.29) is 22.4 Å². The van der Waals surface area contributed by atoms with Crippen molar-refractivity contribution in [2.24, 2.45) is 0 Å². The Labute approximate surface area is 90.3 Å². The summed E-state index contributed by atoms with van der Waals surface area (Å²) in [6.45, 7) is 1.94. The lowest BCUT2D eigenvalue weighted by Gasteiger charge is -2.08. The van der Waals surface area contributed by atoms with Gasteiger partial charge >= 0.3 is 5.51 Å². The van der Waals surface area contributed by atoms with Crippen molar-refractivity contribution < 1.29 is 18.3 Å². The van der Waals surface area contributed by atoms with Gasteiger partial charge in [0.2, 0.25) is 0 Å². The van der Waals surface area contributed by atoms with E-state index in [0.717, 1.165) is 12.5 Å². The number of aryl methyl sites for hydroxylation is 1. The van der Waals surface area contributed by atoms with Gasteiger partial charge in [0.05, 0.1) is 0 Å². The molecule has 0 aliphatic heterocycles. The number of phenolic OH excluding ortho intramolecular Hbond substituents is 1. The van der Waals surface area contributed by atoms with Gasteiger partial charge in [0.1, 0.15) is 5.75 Å². The van der Waals surface area contributed by atoms with Crippen LogP contribution in [0.15, 0.2) is 23.1 Å². The van der Waals surface area contributed by atoms with Crippen molar-refractivity contribution in [1.29, 1.82) is 0 Å². The SMILES string of the molecule is CCCc1ccc(SC(F)(F)F)cc1O. The Hall–Kier alpha value is -0.840. The molecule has 0 saturated carbocycles. The average molecular weight is 236 g/mol. The first kappa shape index (κ1) is 12.2. The van der Waals surface area contributed by atoms with Crippen molar-refractivity contribution >= 4 is 11.8 Å². The summed E-state index contributed by atoms with van der Waals surface area (Å²) in [6, 6.07) is 4.07. The molecule has 0 unspecified atom stereocenters. The molecule has 0 spiro atoms. The van der Waals surface area contributed by atoms with E-state index in [0.29, 0.717) is 12.0 Å². The molecule has 1 aromatic carbocycles.